The molecule has 1 N–H and O–H groups in total. The van der Waals surface area contributed by atoms with Gasteiger partial charge in [-0.2, -0.15) is 0 Å². The van der Waals surface area contributed by atoms with Crippen molar-refractivity contribution in [2.45, 2.75) is 24.9 Å². The van der Waals surface area contributed by atoms with Crippen LogP contribution < -0.4 is 4.74 Å². The number of amides is 1. The molecule has 1 saturated heterocycles. The summed E-state index contributed by atoms with van der Waals surface area (Å²) in [5, 5.41) is 9.01. The van der Waals surface area contributed by atoms with Gasteiger partial charge < -0.3 is 19.5 Å². The predicted molar refractivity (Wildman–Crippen MR) is 77.9 cm³/mol. The number of benzene rings is 1. The maximum atomic E-state index is 12.5. The van der Waals surface area contributed by atoms with E-state index < -0.39 is 12.1 Å². The number of carboxylic acids is 1. The normalized spacial score (nSPS) is 24.3. The van der Waals surface area contributed by atoms with E-state index in [9.17, 15) is 9.59 Å². The summed E-state index contributed by atoms with van der Waals surface area (Å²) >= 11 is 0. The fourth-order valence-electron chi connectivity index (χ4n) is 2.99. The topological polar surface area (TPSA) is 76.1 Å². The first-order valence-electron chi connectivity index (χ1n) is 7.49. The summed E-state index contributed by atoms with van der Waals surface area (Å²) in [5.41, 5.74) is 1.06. The number of ether oxygens (including phenoxy) is 2. The van der Waals surface area contributed by atoms with Gasteiger partial charge >= 0.3 is 5.97 Å². The molecule has 2 heterocycles. The Hall–Kier alpha value is -2.08. The van der Waals surface area contributed by atoms with Crippen molar-refractivity contribution in [1.29, 1.82) is 0 Å². The largest absolute Gasteiger partial charge is 0.493 e. The molecule has 0 aliphatic carbocycles. The third kappa shape index (κ3) is 3.06. The smallest absolute Gasteiger partial charge is 0.334 e. The van der Waals surface area contributed by atoms with Gasteiger partial charge in [0.2, 0.25) is 5.91 Å². The zero-order valence-corrected chi connectivity index (χ0v) is 12.2. The lowest BCUT2D eigenvalue weighted by Crippen LogP contribution is -2.48. The molecule has 0 spiro atoms. The first-order chi connectivity index (χ1) is 10.6. The predicted octanol–water partition coefficient (Wildman–Crippen LogP) is 1.25. The third-order valence-corrected chi connectivity index (χ3v) is 4.20. The number of hydrogen-bond donors (Lipinski definition) is 1. The molecule has 3 rings (SSSR count). The van der Waals surface area contributed by atoms with E-state index >= 15 is 0 Å². The standard InChI is InChI=1S/C16H19NO5/c18-15(17-6-8-22-14(10-17)16(19)20)9-11-5-7-21-13-4-2-1-3-12(11)13/h1-4,11,14H,5-10H2,(H,19,20)/t11-,14-/m1/s1. The molecule has 0 saturated carbocycles. The van der Waals surface area contributed by atoms with E-state index in [1.807, 2.05) is 24.3 Å². The summed E-state index contributed by atoms with van der Waals surface area (Å²) in [7, 11) is 0. The molecule has 0 unspecified atom stereocenters. The number of nitrogens with zero attached hydrogens (tertiary/aromatic N) is 1. The van der Waals surface area contributed by atoms with Crippen LogP contribution in [0.1, 0.15) is 24.3 Å². The van der Waals surface area contributed by atoms with Crippen molar-refractivity contribution in [1.82, 2.24) is 4.90 Å². The number of hydrogen-bond acceptors (Lipinski definition) is 4. The molecule has 2 aliphatic rings. The highest BCUT2D eigenvalue weighted by atomic mass is 16.5. The van der Waals surface area contributed by atoms with Crippen LogP contribution in [-0.2, 0) is 14.3 Å². The number of para-hydroxylation sites is 1. The highest BCUT2D eigenvalue weighted by Crippen LogP contribution is 2.35. The Morgan fingerprint density at radius 1 is 1.27 bits per heavy atom. The summed E-state index contributed by atoms with van der Waals surface area (Å²) in [5.74, 6) is -0.0642. The molecule has 1 aromatic carbocycles. The van der Waals surface area contributed by atoms with Crippen molar-refractivity contribution >= 4 is 11.9 Å². The van der Waals surface area contributed by atoms with Gasteiger partial charge in [0.25, 0.3) is 0 Å². The SMILES string of the molecule is O=C(O)[C@H]1CN(C(=O)C[C@H]2CCOc3ccccc32)CCO1. The highest BCUT2D eigenvalue weighted by Gasteiger charge is 2.31. The molecular formula is C16H19NO5. The van der Waals surface area contributed by atoms with Gasteiger partial charge in [-0.3, -0.25) is 4.79 Å². The van der Waals surface area contributed by atoms with Gasteiger partial charge in [0.1, 0.15) is 5.75 Å². The first kappa shape index (κ1) is 14.8. The number of rotatable bonds is 3. The maximum absolute atomic E-state index is 12.5. The lowest BCUT2D eigenvalue weighted by Gasteiger charge is -2.33. The second-order valence-corrected chi connectivity index (χ2v) is 5.61. The van der Waals surface area contributed by atoms with Gasteiger partial charge in [-0.1, -0.05) is 18.2 Å². The van der Waals surface area contributed by atoms with Gasteiger partial charge in [-0.25, -0.2) is 4.79 Å². The van der Waals surface area contributed by atoms with Crippen LogP contribution in [0, 0.1) is 0 Å². The minimum absolute atomic E-state index is 0.0174. The van der Waals surface area contributed by atoms with E-state index in [0.29, 0.717) is 19.6 Å². The van der Waals surface area contributed by atoms with Crippen molar-refractivity contribution in [3.8, 4) is 5.75 Å². The Morgan fingerprint density at radius 3 is 2.91 bits per heavy atom. The molecule has 1 aromatic rings. The summed E-state index contributed by atoms with van der Waals surface area (Å²) in [4.78, 5) is 25.1. The number of carbonyl (C=O) groups is 2. The lowest BCUT2D eigenvalue weighted by molar-refractivity contribution is -0.159. The van der Waals surface area contributed by atoms with Gasteiger partial charge in [0, 0.05) is 13.0 Å². The van der Waals surface area contributed by atoms with Crippen LogP contribution in [0.2, 0.25) is 0 Å². The first-order valence-corrected chi connectivity index (χ1v) is 7.49. The van der Waals surface area contributed by atoms with Crippen LogP contribution in [0.15, 0.2) is 24.3 Å². The molecule has 6 heteroatoms. The lowest BCUT2D eigenvalue weighted by atomic mass is 9.90. The monoisotopic (exact) mass is 305 g/mol. The van der Waals surface area contributed by atoms with Crippen LogP contribution in [-0.4, -0.2) is 54.3 Å². The summed E-state index contributed by atoms with van der Waals surface area (Å²) < 4.78 is 10.8. The molecule has 118 valence electrons. The molecule has 2 atom stereocenters. The van der Waals surface area contributed by atoms with Crippen LogP contribution in [0.25, 0.3) is 0 Å². The van der Waals surface area contributed by atoms with E-state index in [1.54, 1.807) is 4.90 Å². The molecule has 0 radical (unpaired) electrons. The van der Waals surface area contributed by atoms with Crippen LogP contribution in [0.5, 0.6) is 5.75 Å². The third-order valence-electron chi connectivity index (χ3n) is 4.20. The van der Waals surface area contributed by atoms with Crippen molar-refractivity contribution in [3.63, 3.8) is 0 Å². The number of morpholine rings is 1. The molecule has 6 nitrogen and oxygen atoms in total. The minimum Gasteiger partial charge on any atom is -0.493 e. The second-order valence-electron chi connectivity index (χ2n) is 5.61. The van der Waals surface area contributed by atoms with Crippen LogP contribution in [0.3, 0.4) is 0 Å². The number of carbonyl (C=O) groups excluding carboxylic acids is 1. The quantitative estimate of drug-likeness (QED) is 0.909. The van der Waals surface area contributed by atoms with Gasteiger partial charge in [0.15, 0.2) is 6.10 Å². The minimum atomic E-state index is -1.02. The molecule has 1 fully saturated rings. The zero-order valence-electron chi connectivity index (χ0n) is 12.2. The van der Waals surface area contributed by atoms with Gasteiger partial charge in [0.05, 0.1) is 19.8 Å². The fourth-order valence-corrected chi connectivity index (χ4v) is 2.99. The summed E-state index contributed by atoms with van der Waals surface area (Å²) in [6, 6.07) is 7.77. The second kappa shape index (κ2) is 6.36. The number of fused-ring (bicyclic) bond motifs is 1. The zero-order chi connectivity index (χ0) is 15.5. The van der Waals surface area contributed by atoms with E-state index in [4.69, 9.17) is 14.6 Å². The van der Waals surface area contributed by atoms with Crippen molar-refractivity contribution in [2.75, 3.05) is 26.3 Å². The molecular weight excluding hydrogens is 286 g/mol. The highest BCUT2D eigenvalue weighted by molar-refractivity contribution is 5.79. The van der Waals surface area contributed by atoms with Crippen molar-refractivity contribution in [3.05, 3.63) is 29.8 Å². The fraction of sp³-hybridized carbons (Fsp3) is 0.500. The molecule has 0 bridgehead atoms. The van der Waals surface area contributed by atoms with Crippen LogP contribution in [0.4, 0.5) is 0 Å². The van der Waals surface area contributed by atoms with E-state index in [1.165, 1.54) is 0 Å². The van der Waals surface area contributed by atoms with E-state index in [2.05, 4.69) is 0 Å². The van der Waals surface area contributed by atoms with Crippen molar-refractivity contribution in [2.24, 2.45) is 0 Å². The summed E-state index contributed by atoms with van der Waals surface area (Å²) in [6.07, 6.45) is 0.266. The Labute approximate surface area is 128 Å². The van der Waals surface area contributed by atoms with Crippen molar-refractivity contribution < 1.29 is 24.2 Å². The summed E-state index contributed by atoms with van der Waals surface area (Å²) in [6.45, 7) is 1.45. The van der Waals surface area contributed by atoms with Gasteiger partial charge in [-0.15, -0.1) is 0 Å². The average Bonchev–Trinajstić information content (AvgIpc) is 2.55. The van der Waals surface area contributed by atoms with E-state index in [0.717, 1.165) is 17.7 Å². The molecule has 2 aliphatic heterocycles. The Balaban J connectivity index is 1.66. The Bertz CT molecular complexity index is 573. The maximum Gasteiger partial charge on any atom is 0.334 e. The molecule has 0 aromatic heterocycles. The Morgan fingerprint density at radius 2 is 2.09 bits per heavy atom. The number of carboxylic acid groups (broad SMARTS) is 1. The average molecular weight is 305 g/mol. The molecule has 22 heavy (non-hydrogen) atoms. The van der Waals surface area contributed by atoms with Crippen LogP contribution >= 0.6 is 0 Å². The van der Waals surface area contributed by atoms with E-state index in [-0.39, 0.29) is 25.0 Å². The number of aliphatic carboxylic acids is 1. The molecule has 1 amide bonds. The van der Waals surface area contributed by atoms with Gasteiger partial charge in [-0.05, 0) is 24.0 Å². The Kier molecular flexibility index (Phi) is 4.29.